The zero-order chi connectivity index (χ0) is 14.9. The maximum atomic E-state index is 13.4. The second-order valence-corrected chi connectivity index (χ2v) is 5.53. The Kier molecular flexibility index (Phi) is 4.36. The fourth-order valence-corrected chi connectivity index (χ4v) is 2.70. The number of hydrogen-bond donors (Lipinski definition) is 0. The number of halogens is 5. The Morgan fingerprint density at radius 3 is 2.70 bits per heavy atom. The third-order valence-corrected chi connectivity index (χ3v) is 4.16. The van der Waals surface area contributed by atoms with E-state index in [9.17, 15) is 22.4 Å². The van der Waals surface area contributed by atoms with Crippen LogP contribution in [0.5, 0.6) is 0 Å². The molecule has 1 aliphatic rings. The van der Waals surface area contributed by atoms with Crippen LogP contribution in [0, 0.1) is 11.7 Å². The smallest absolute Gasteiger partial charge is 0.338 e. The fourth-order valence-electron chi connectivity index (χ4n) is 2.27. The molecule has 1 unspecified atom stereocenters. The van der Waals surface area contributed by atoms with Gasteiger partial charge in [0.2, 0.25) is 0 Å². The summed E-state index contributed by atoms with van der Waals surface area (Å²) in [6.45, 7) is -0.111. The predicted octanol–water partition coefficient (Wildman–Crippen LogP) is 4.00. The third-order valence-electron chi connectivity index (χ3n) is 3.35. The maximum absolute atomic E-state index is 13.4. The van der Waals surface area contributed by atoms with E-state index in [2.05, 4.69) is 15.9 Å². The molecule has 0 aliphatic carbocycles. The second kappa shape index (κ2) is 5.71. The van der Waals surface area contributed by atoms with Gasteiger partial charge >= 0.3 is 6.18 Å². The molecule has 1 aromatic rings. The largest absolute Gasteiger partial charge is 0.393 e. The van der Waals surface area contributed by atoms with Crippen LogP contribution in [0.3, 0.4) is 0 Å². The van der Waals surface area contributed by atoms with Gasteiger partial charge in [-0.25, -0.2) is 4.39 Å². The lowest BCUT2D eigenvalue weighted by atomic mass is 9.97. The Labute approximate surface area is 121 Å². The van der Waals surface area contributed by atoms with Gasteiger partial charge in [-0.15, -0.1) is 0 Å². The molecule has 1 amide bonds. The highest BCUT2D eigenvalue weighted by atomic mass is 79.9. The number of hydrogen-bond acceptors (Lipinski definition) is 1. The van der Waals surface area contributed by atoms with Gasteiger partial charge in [-0.05, 0) is 40.9 Å². The molecule has 7 heteroatoms. The first-order valence-electron chi connectivity index (χ1n) is 6.10. The Bertz CT molecular complexity index is 518. The van der Waals surface area contributed by atoms with Crippen molar-refractivity contribution in [2.24, 2.45) is 5.92 Å². The third kappa shape index (κ3) is 3.13. The van der Waals surface area contributed by atoms with Gasteiger partial charge in [0.25, 0.3) is 5.91 Å². The van der Waals surface area contributed by atoms with E-state index >= 15 is 0 Å². The summed E-state index contributed by atoms with van der Waals surface area (Å²) in [4.78, 5) is 13.3. The zero-order valence-corrected chi connectivity index (χ0v) is 12.0. The van der Waals surface area contributed by atoms with Gasteiger partial charge < -0.3 is 4.90 Å². The highest BCUT2D eigenvalue weighted by Gasteiger charge is 2.42. The van der Waals surface area contributed by atoms with Crippen molar-refractivity contribution in [3.05, 3.63) is 34.1 Å². The summed E-state index contributed by atoms with van der Waals surface area (Å²) in [6.07, 6.45) is -3.99. The zero-order valence-electron chi connectivity index (χ0n) is 10.4. The standard InChI is InChI=1S/C13H12BrF4NO/c14-11-9(4-1-5-10(11)15)12(20)19-6-2-3-8(7-19)13(16,17)18/h1,4-5,8H,2-3,6-7H2. The van der Waals surface area contributed by atoms with E-state index in [-0.39, 0.29) is 29.5 Å². The van der Waals surface area contributed by atoms with Crippen molar-refractivity contribution in [2.45, 2.75) is 19.0 Å². The van der Waals surface area contributed by atoms with Crippen LogP contribution in [0.4, 0.5) is 17.6 Å². The molecule has 1 atom stereocenters. The highest BCUT2D eigenvalue weighted by molar-refractivity contribution is 9.10. The van der Waals surface area contributed by atoms with Gasteiger partial charge in [0.1, 0.15) is 5.82 Å². The van der Waals surface area contributed by atoms with E-state index in [4.69, 9.17) is 0 Å². The predicted molar refractivity (Wildman–Crippen MR) is 68.8 cm³/mol. The Hall–Kier alpha value is -1.11. The van der Waals surface area contributed by atoms with Gasteiger partial charge in [0.15, 0.2) is 0 Å². The van der Waals surface area contributed by atoms with Crippen LogP contribution in [-0.4, -0.2) is 30.1 Å². The SMILES string of the molecule is O=C(c1cccc(F)c1Br)N1CCCC(C(F)(F)F)C1. The molecule has 0 spiro atoms. The quantitative estimate of drug-likeness (QED) is 0.698. The number of rotatable bonds is 1. The molecule has 110 valence electrons. The van der Waals surface area contributed by atoms with Crippen molar-refractivity contribution in [1.82, 2.24) is 4.90 Å². The van der Waals surface area contributed by atoms with Crippen LogP contribution in [0.25, 0.3) is 0 Å². The van der Waals surface area contributed by atoms with Crippen LogP contribution < -0.4 is 0 Å². The molecule has 1 fully saturated rings. The molecule has 0 aromatic heterocycles. The monoisotopic (exact) mass is 353 g/mol. The lowest BCUT2D eigenvalue weighted by Crippen LogP contribution is -2.44. The van der Waals surface area contributed by atoms with Gasteiger partial charge in [-0.1, -0.05) is 6.07 Å². The van der Waals surface area contributed by atoms with E-state index in [0.717, 1.165) is 4.90 Å². The van der Waals surface area contributed by atoms with E-state index < -0.39 is 23.8 Å². The minimum Gasteiger partial charge on any atom is -0.338 e. The lowest BCUT2D eigenvalue weighted by Gasteiger charge is -2.34. The fraction of sp³-hybridized carbons (Fsp3) is 0.462. The topological polar surface area (TPSA) is 20.3 Å². The summed E-state index contributed by atoms with van der Waals surface area (Å²) in [5.74, 6) is -2.70. The summed E-state index contributed by atoms with van der Waals surface area (Å²) < 4.78 is 51.5. The van der Waals surface area contributed by atoms with Crippen molar-refractivity contribution < 1.29 is 22.4 Å². The minimum atomic E-state index is -4.31. The first kappa shape index (κ1) is 15.3. The Morgan fingerprint density at radius 2 is 2.05 bits per heavy atom. The molecule has 0 bridgehead atoms. The Morgan fingerprint density at radius 1 is 1.35 bits per heavy atom. The average Bonchev–Trinajstić information content (AvgIpc) is 2.40. The number of likely N-dealkylation sites (tertiary alicyclic amines) is 1. The molecule has 0 saturated carbocycles. The molecule has 0 radical (unpaired) electrons. The molecule has 1 aliphatic heterocycles. The average molecular weight is 354 g/mol. The summed E-state index contributed by atoms with van der Waals surface area (Å²) >= 11 is 2.96. The van der Waals surface area contributed by atoms with Gasteiger partial charge in [0.05, 0.1) is 16.0 Å². The van der Waals surface area contributed by atoms with E-state index in [1.807, 2.05) is 0 Å². The van der Waals surface area contributed by atoms with Crippen LogP contribution >= 0.6 is 15.9 Å². The number of carbonyl (C=O) groups is 1. The molecular weight excluding hydrogens is 342 g/mol. The number of piperidine rings is 1. The second-order valence-electron chi connectivity index (χ2n) is 4.73. The van der Waals surface area contributed by atoms with Crippen molar-refractivity contribution >= 4 is 21.8 Å². The van der Waals surface area contributed by atoms with Gasteiger partial charge in [-0.3, -0.25) is 4.79 Å². The first-order valence-corrected chi connectivity index (χ1v) is 6.90. The van der Waals surface area contributed by atoms with Crippen molar-refractivity contribution in [2.75, 3.05) is 13.1 Å². The van der Waals surface area contributed by atoms with Crippen molar-refractivity contribution in [3.63, 3.8) is 0 Å². The van der Waals surface area contributed by atoms with Gasteiger partial charge in [0, 0.05) is 13.1 Å². The number of nitrogens with zero attached hydrogens (tertiary/aromatic N) is 1. The molecule has 1 saturated heterocycles. The van der Waals surface area contributed by atoms with Crippen molar-refractivity contribution in [3.8, 4) is 0 Å². The molecule has 1 heterocycles. The van der Waals surface area contributed by atoms with Crippen LogP contribution in [0.1, 0.15) is 23.2 Å². The minimum absolute atomic E-state index is 0.0147. The molecule has 20 heavy (non-hydrogen) atoms. The summed E-state index contributed by atoms with van der Waals surface area (Å²) in [5, 5.41) is 0. The lowest BCUT2D eigenvalue weighted by molar-refractivity contribution is -0.184. The molecule has 0 N–H and O–H groups in total. The summed E-state index contributed by atoms with van der Waals surface area (Å²) in [7, 11) is 0. The molecular formula is C13H12BrF4NO. The van der Waals surface area contributed by atoms with Crippen molar-refractivity contribution in [1.29, 1.82) is 0 Å². The number of alkyl halides is 3. The van der Waals surface area contributed by atoms with E-state index in [1.54, 1.807) is 0 Å². The van der Waals surface area contributed by atoms with Crippen LogP contribution in [-0.2, 0) is 0 Å². The maximum Gasteiger partial charge on any atom is 0.393 e. The van der Waals surface area contributed by atoms with Crippen LogP contribution in [0.2, 0.25) is 0 Å². The first-order chi connectivity index (χ1) is 9.30. The number of benzene rings is 1. The summed E-state index contributed by atoms with van der Waals surface area (Å²) in [5.41, 5.74) is 0.0489. The van der Waals surface area contributed by atoms with E-state index in [0.29, 0.717) is 6.42 Å². The number of carbonyl (C=O) groups excluding carboxylic acids is 1. The van der Waals surface area contributed by atoms with Crippen LogP contribution in [0.15, 0.2) is 22.7 Å². The highest BCUT2D eigenvalue weighted by Crippen LogP contribution is 2.34. The molecule has 1 aromatic carbocycles. The molecule has 2 rings (SSSR count). The van der Waals surface area contributed by atoms with E-state index in [1.165, 1.54) is 18.2 Å². The summed E-state index contributed by atoms with van der Waals surface area (Å²) in [6, 6.07) is 3.93. The van der Waals surface area contributed by atoms with Gasteiger partial charge in [-0.2, -0.15) is 13.2 Å². The molecule has 2 nitrogen and oxygen atoms in total. The Balaban J connectivity index is 2.19. The number of amides is 1. The normalized spacial score (nSPS) is 20.1.